The van der Waals surface area contributed by atoms with Gasteiger partial charge < -0.3 is 5.32 Å². The van der Waals surface area contributed by atoms with Crippen LogP contribution in [0.1, 0.15) is 38.3 Å². The standard InChI is InChI=1S/C17H23N3S/c1-3-11-19-17(14-8-6-5-7-9-14)15(4-2)21-16-10-12-18-13-20-16/h5-10,12-13,15,17,19H,3-4,11H2,1-2H3. The molecule has 3 nitrogen and oxygen atoms in total. The van der Waals surface area contributed by atoms with Crippen LogP contribution in [-0.4, -0.2) is 21.8 Å². The van der Waals surface area contributed by atoms with Crippen LogP contribution in [-0.2, 0) is 0 Å². The third-order valence-electron chi connectivity index (χ3n) is 3.37. The van der Waals surface area contributed by atoms with Crippen molar-refractivity contribution >= 4 is 11.8 Å². The molecule has 0 aliphatic carbocycles. The van der Waals surface area contributed by atoms with Crippen LogP contribution < -0.4 is 5.32 Å². The maximum Gasteiger partial charge on any atom is 0.116 e. The van der Waals surface area contributed by atoms with Crippen molar-refractivity contribution in [1.82, 2.24) is 15.3 Å². The second-order valence-corrected chi connectivity index (χ2v) is 6.21. The number of nitrogens with zero attached hydrogens (tertiary/aromatic N) is 2. The molecule has 2 rings (SSSR count). The molecule has 0 fully saturated rings. The minimum Gasteiger partial charge on any atom is -0.309 e. The Balaban J connectivity index is 2.16. The van der Waals surface area contributed by atoms with Crippen molar-refractivity contribution in [1.29, 1.82) is 0 Å². The molecule has 0 amide bonds. The van der Waals surface area contributed by atoms with E-state index in [1.807, 2.05) is 17.8 Å². The smallest absolute Gasteiger partial charge is 0.116 e. The fraction of sp³-hybridized carbons (Fsp3) is 0.412. The van der Waals surface area contributed by atoms with Gasteiger partial charge in [-0.3, -0.25) is 0 Å². The van der Waals surface area contributed by atoms with Crippen LogP contribution in [0.3, 0.4) is 0 Å². The minimum absolute atomic E-state index is 0.344. The molecule has 0 spiro atoms. The SMILES string of the molecule is CCCNC(c1ccccc1)C(CC)Sc1ccncn1. The van der Waals surface area contributed by atoms with Crippen LogP contribution in [0, 0.1) is 0 Å². The van der Waals surface area contributed by atoms with Gasteiger partial charge in [-0.15, -0.1) is 11.8 Å². The summed E-state index contributed by atoms with van der Waals surface area (Å²) in [6.07, 6.45) is 5.65. The number of rotatable bonds is 8. The Morgan fingerprint density at radius 1 is 1.14 bits per heavy atom. The predicted molar refractivity (Wildman–Crippen MR) is 89.4 cm³/mol. The summed E-state index contributed by atoms with van der Waals surface area (Å²) in [6, 6.07) is 13.0. The van der Waals surface area contributed by atoms with Crippen LogP contribution in [0.5, 0.6) is 0 Å². The van der Waals surface area contributed by atoms with Crippen LogP contribution in [0.2, 0.25) is 0 Å². The molecule has 2 unspecified atom stereocenters. The van der Waals surface area contributed by atoms with Gasteiger partial charge in [-0.2, -0.15) is 0 Å². The molecule has 1 heterocycles. The lowest BCUT2D eigenvalue weighted by atomic mass is 10.0. The van der Waals surface area contributed by atoms with Gasteiger partial charge in [0.25, 0.3) is 0 Å². The molecule has 0 aliphatic rings. The van der Waals surface area contributed by atoms with E-state index >= 15 is 0 Å². The largest absolute Gasteiger partial charge is 0.309 e. The van der Waals surface area contributed by atoms with Gasteiger partial charge in [0.2, 0.25) is 0 Å². The highest BCUT2D eigenvalue weighted by Crippen LogP contribution is 2.33. The number of benzene rings is 1. The summed E-state index contributed by atoms with van der Waals surface area (Å²) in [7, 11) is 0. The van der Waals surface area contributed by atoms with Crippen molar-refractivity contribution in [2.75, 3.05) is 6.54 Å². The molecule has 2 atom stereocenters. The van der Waals surface area contributed by atoms with Gasteiger partial charge in [0.15, 0.2) is 0 Å². The van der Waals surface area contributed by atoms with Gasteiger partial charge in [-0.05, 0) is 31.0 Å². The number of aromatic nitrogens is 2. The Labute approximate surface area is 131 Å². The quantitative estimate of drug-likeness (QED) is 0.589. The zero-order chi connectivity index (χ0) is 14.9. The van der Waals surface area contributed by atoms with Gasteiger partial charge >= 0.3 is 0 Å². The third-order valence-corrected chi connectivity index (χ3v) is 4.77. The van der Waals surface area contributed by atoms with E-state index in [2.05, 4.69) is 59.5 Å². The summed E-state index contributed by atoms with van der Waals surface area (Å²) in [5, 5.41) is 5.18. The molecule has 112 valence electrons. The van der Waals surface area contributed by atoms with E-state index in [-0.39, 0.29) is 0 Å². The Bertz CT molecular complexity index is 504. The molecule has 21 heavy (non-hydrogen) atoms. The minimum atomic E-state index is 0.344. The molecule has 0 saturated heterocycles. The number of thioether (sulfide) groups is 1. The van der Waals surface area contributed by atoms with Crippen LogP contribution in [0.25, 0.3) is 0 Å². The van der Waals surface area contributed by atoms with Gasteiger partial charge in [-0.25, -0.2) is 9.97 Å². The predicted octanol–water partition coefficient (Wildman–Crippen LogP) is 4.09. The first-order valence-electron chi connectivity index (χ1n) is 7.56. The second kappa shape index (κ2) is 8.80. The fourth-order valence-corrected chi connectivity index (χ4v) is 3.43. The number of hydrogen-bond acceptors (Lipinski definition) is 4. The molecule has 1 N–H and O–H groups in total. The molecule has 1 aromatic heterocycles. The highest BCUT2D eigenvalue weighted by molar-refractivity contribution is 7.99. The molecule has 0 saturated carbocycles. The van der Waals surface area contributed by atoms with Crippen LogP contribution in [0.15, 0.2) is 53.9 Å². The monoisotopic (exact) mass is 301 g/mol. The summed E-state index contributed by atoms with van der Waals surface area (Å²) < 4.78 is 0. The van der Waals surface area contributed by atoms with E-state index in [1.54, 1.807) is 12.5 Å². The van der Waals surface area contributed by atoms with Crippen LogP contribution in [0.4, 0.5) is 0 Å². The Kier molecular flexibility index (Phi) is 6.70. The van der Waals surface area contributed by atoms with E-state index in [1.165, 1.54) is 5.56 Å². The van der Waals surface area contributed by atoms with Crippen molar-refractivity contribution in [2.45, 2.75) is 43.0 Å². The third kappa shape index (κ3) is 4.83. The average molecular weight is 301 g/mol. The maximum atomic E-state index is 4.35. The first-order valence-corrected chi connectivity index (χ1v) is 8.44. The molecular weight excluding hydrogens is 278 g/mol. The van der Waals surface area contributed by atoms with Crippen LogP contribution >= 0.6 is 11.8 Å². The molecule has 0 radical (unpaired) electrons. The lowest BCUT2D eigenvalue weighted by molar-refractivity contribution is 0.505. The summed E-state index contributed by atoms with van der Waals surface area (Å²) in [4.78, 5) is 8.34. The Morgan fingerprint density at radius 3 is 2.57 bits per heavy atom. The molecule has 1 aromatic carbocycles. The van der Waals surface area contributed by atoms with Crippen molar-refractivity contribution in [2.24, 2.45) is 0 Å². The van der Waals surface area contributed by atoms with Gasteiger partial charge in [0, 0.05) is 17.5 Å². The van der Waals surface area contributed by atoms with E-state index in [0.717, 1.165) is 24.4 Å². The topological polar surface area (TPSA) is 37.8 Å². The summed E-state index contributed by atoms with van der Waals surface area (Å²) in [6.45, 7) is 5.47. The zero-order valence-electron chi connectivity index (χ0n) is 12.7. The van der Waals surface area contributed by atoms with Crippen molar-refractivity contribution in [3.05, 3.63) is 54.5 Å². The number of hydrogen-bond donors (Lipinski definition) is 1. The molecule has 0 bridgehead atoms. The molecular formula is C17H23N3S. The Morgan fingerprint density at radius 2 is 1.95 bits per heavy atom. The second-order valence-electron chi connectivity index (χ2n) is 4.95. The van der Waals surface area contributed by atoms with Crippen molar-refractivity contribution in [3.8, 4) is 0 Å². The van der Waals surface area contributed by atoms with E-state index in [4.69, 9.17) is 0 Å². The lowest BCUT2D eigenvalue weighted by Crippen LogP contribution is -2.30. The zero-order valence-corrected chi connectivity index (χ0v) is 13.5. The Hall–Kier alpha value is -1.39. The number of nitrogens with one attached hydrogen (secondary N) is 1. The first-order chi connectivity index (χ1) is 10.3. The maximum absolute atomic E-state index is 4.35. The molecule has 4 heteroatoms. The molecule has 0 aliphatic heterocycles. The highest BCUT2D eigenvalue weighted by Gasteiger charge is 2.22. The first kappa shape index (κ1) is 16.0. The summed E-state index contributed by atoms with van der Waals surface area (Å²) >= 11 is 1.83. The highest BCUT2D eigenvalue weighted by atomic mass is 32.2. The van der Waals surface area contributed by atoms with Gasteiger partial charge in [0.1, 0.15) is 6.33 Å². The summed E-state index contributed by atoms with van der Waals surface area (Å²) in [5.74, 6) is 0. The van der Waals surface area contributed by atoms with Gasteiger partial charge in [0.05, 0.1) is 5.03 Å². The van der Waals surface area contributed by atoms with Crippen molar-refractivity contribution < 1.29 is 0 Å². The van der Waals surface area contributed by atoms with E-state index in [9.17, 15) is 0 Å². The normalized spacial score (nSPS) is 13.8. The van der Waals surface area contributed by atoms with E-state index < -0.39 is 0 Å². The van der Waals surface area contributed by atoms with Crippen molar-refractivity contribution in [3.63, 3.8) is 0 Å². The fourth-order valence-electron chi connectivity index (χ4n) is 2.31. The lowest BCUT2D eigenvalue weighted by Gasteiger charge is -2.27. The average Bonchev–Trinajstić information content (AvgIpc) is 2.56. The molecule has 2 aromatic rings. The van der Waals surface area contributed by atoms with E-state index in [0.29, 0.717) is 11.3 Å². The summed E-state index contributed by atoms with van der Waals surface area (Å²) in [5.41, 5.74) is 1.35. The van der Waals surface area contributed by atoms with Gasteiger partial charge in [-0.1, -0.05) is 44.2 Å².